The van der Waals surface area contributed by atoms with Crippen LogP contribution in [0.25, 0.3) is 0 Å². The van der Waals surface area contributed by atoms with Gasteiger partial charge < -0.3 is 24.3 Å². The molecule has 0 aliphatic rings. The van der Waals surface area contributed by atoms with Crippen LogP contribution in [-0.2, 0) is 4.79 Å². The number of carboxylic acid groups (broad SMARTS) is 1. The molecule has 0 spiro atoms. The summed E-state index contributed by atoms with van der Waals surface area (Å²) < 4.78 is 0. The largest absolute Gasteiger partial charge is 1.00 e. The van der Waals surface area contributed by atoms with Crippen LogP contribution in [0.4, 0.5) is 0 Å². The molecule has 0 radical (unpaired) electrons. The smallest absolute Gasteiger partial charge is 0.817 e. The van der Waals surface area contributed by atoms with E-state index in [2.05, 4.69) is 0 Å². The third-order valence-corrected chi connectivity index (χ3v) is 1.56. The van der Waals surface area contributed by atoms with Crippen molar-refractivity contribution in [3.8, 4) is 0 Å². The molecule has 0 aromatic heterocycles. The third kappa shape index (κ3) is 11.4. The number of carbonyl (C=O) groups is 1. The summed E-state index contributed by atoms with van der Waals surface area (Å²) in [5.41, 5.74) is 0. The van der Waals surface area contributed by atoms with Gasteiger partial charge in [-0.05, 0) is 12.5 Å². The number of aliphatic carboxylic acids is 1. The Morgan fingerprint density at radius 3 is 2.00 bits per heavy atom. The third-order valence-electron chi connectivity index (χ3n) is 0.655. The fraction of sp³-hybridized carbons (Fsp3) is 0.667. The van der Waals surface area contributed by atoms with Crippen LogP contribution >= 0.6 is 0 Å². The SMILES string of the molecule is O=C([O-])CC[Si]([O-])(O)O.[Na+]. The number of rotatable bonds is 3. The van der Waals surface area contributed by atoms with Gasteiger partial charge in [-0.2, -0.15) is 0 Å². The molecule has 0 fully saturated rings. The van der Waals surface area contributed by atoms with Gasteiger partial charge >= 0.3 is 29.6 Å². The predicted molar refractivity (Wildman–Crippen MR) is 24.6 cm³/mol. The Balaban J connectivity index is 0. The zero-order valence-electron chi connectivity index (χ0n) is 5.53. The molecule has 0 heterocycles. The molecule has 0 bridgehead atoms. The van der Waals surface area contributed by atoms with E-state index in [4.69, 9.17) is 9.59 Å². The maximum Gasteiger partial charge on any atom is 1.00 e. The Bertz CT molecular complexity index is 110. The molecular weight excluding hydrogens is 167 g/mol. The van der Waals surface area contributed by atoms with Crippen LogP contribution in [0.15, 0.2) is 0 Å². The van der Waals surface area contributed by atoms with Gasteiger partial charge in [-0.1, -0.05) is 0 Å². The van der Waals surface area contributed by atoms with E-state index in [-0.39, 0.29) is 29.6 Å². The monoisotopic (exact) mass is 173 g/mol. The van der Waals surface area contributed by atoms with Gasteiger partial charge in [0.15, 0.2) is 0 Å². The number of carboxylic acids is 1. The van der Waals surface area contributed by atoms with E-state index >= 15 is 0 Å². The molecule has 7 heteroatoms. The van der Waals surface area contributed by atoms with Crippen LogP contribution in [0.3, 0.4) is 0 Å². The zero-order chi connectivity index (χ0) is 7.49. The Labute approximate surface area is 81.0 Å². The first-order chi connectivity index (χ1) is 3.92. The normalized spacial score (nSPS) is 10.3. The first kappa shape index (κ1) is 13.2. The number of hydrogen-bond donors (Lipinski definition) is 2. The van der Waals surface area contributed by atoms with Crippen LogP contribution in [-0.4, -0.2) is 24.4 Å². The molecule has 5 nitrogen and oxygen atoms in total. The van der Waals surface area contributed by atoms with E-state index in [1.165, 1.54) is 0 Å². The van der Waals surface area contributed by atoms with E-state index in [9.17, 15) is 14.7 Å². The Hall–Kier alpha value is 0.567. The van der Waals surface area contributed by atoms with Gasteiger partial charge in [0.1, 0.15) is 0 Å². The number of carbonyl (C=O) groups excluding carboxylic acids is 1. The molecule has 2 N–H and O–H groups in total. The van der Waals surface area contributed by atoms with Crippen LogP contribution in [0.1, 0.15) is 6.42 Å². The van der Waals surface area contributed by atoms with Crippen molar-refractivity contribution >= 4 is 14.8 Å². The summed E-state index contributed by atoms with van der Waals surface area (Å²) in [6.45, 7) is 0. The van der Waals surface area contributed by atoms with Gasteiger partial charge in [0.25, 0.3) is 0 Å². The minimum absolute atomic E-state index is 0. The summed E-state index contributed by atoms with van der Waals surface area (Å²) >= 11 is 0. The van der Waals surface area contributed by atoms with Gasteiger partial charge in [0, 0.05) is 5.97 Å². The van der Waals surface area contributed by atoms with Crippen molar-refractivity contribution in [1.29, 1.82) is 0 Å². The van der Waals surface area contributed by atoms with Crippen molar-refractivity contribution in [2.24, 2.45) is 0 Å². The van der Waals surface area contributed by atoms with Crippen molar-refractivity contribution in [2.75, 3.05) is 0 Å². The molecule has 0 aliphatic heterocycles. The van der Waals surface area contributed by atoms with Gasteiger partial charge in [0.2, 0.25) is 8.80 Å². The molecule has 0 amide bonds. The Morgan fingerprint density at radius 2 is 1.90 bits per heavy atom. The van der Waals surface area contributed by atoms with E-state index in [0.717, 1.165) is 0 Å². The molecule has 0 atom stereocenters. The predicted octanol–water partition coefficient (Wildman–Crippen LogP) is -6.59. The molecule has 54 valence electrons. The standard InChI is InChI=1S/C3H7O5Si.Na/c4-3(5)1-2-9(6,7)8;/h6-7H,1-2H2,(H,4,5);/q-1;+1/p-1. The Morgan fingerprint density at radius 1 is 1.50 bits per heavy atom. The van der Waals surface area contributed by atoms with Gasteiger partial charge in [0.05, 0.1) is 0 Å². The molecule has 0 saturated heterocycles. The second kappa shape index (κ2) is 5.25. The van der Waals surface area contributed by atoms with Crippen molar-refractivity contribution in [2.45, 2.75) is 12.5 Å². The number of hydrogen-bond acceptors (Lipinski definition) is 5. The second-order valence-corrected chi connectivity index (χ2v) is 3.60. The maximum atomic E-state index is 9.97. The quantitative estimate of drug-likeness (QED) is 0.413. The minimum atomic E-state index is -4.39. The molecule has 0 aromatic rings. The molecule has 0 aromatic carbocycles. The van der Waals surface area contributed by atoms with E-state index < -0.39 is 27.2 Å². The molecule has 10 heavy (non-hydrogen) atoms. The van der Waals surface area contributed by atoms with Gasteiger partial charge in [-0.3, -0.25) is 0 Å². The van der Waals surface area contributed by atoms with Crippen LogP contribution in [0.5, 0.6) is 0 Å². The first-order valence-electron chi connectivity index (χ1n) is 2.27. The molecule has 0 unspecified atom stereocenters. The van der Waals surface area contributed by atoms with E-state index in [0.29, 0.717) is 0 Å². The fourth-order valence-corrected chi connectivity index (χ4v) is 0.795. The van der Waals surface area contributed by atoms with Crippen LogP contribution in [0.2, 0.25) is 6.04 Å². The minimum Gasteiger partial charge on any atom is -0.817 e. The summed E-state index contributed by atoms with van der Waals surface area (Å²) in [6, 6.07) is -0.616. The zero-order valence-corrected chi connectivity index (χ0v) is 8.53. The van der Waals surface area contributed by atoms with E-state index in [1.807, 2.05) is 0 Å². The first-order valence-corrected chi connectivity index (χ1v) is 4.28. The topological polar surface area (TPSA) is 104 Å². The molecule has 0 rings (SSSR count). The van der Waals surface area contributed by atoms with Crippen molar-refractivity contribution in [1.82, 2.24) is 0 Å². The van der Waals surface area contributed by atoms with Crippen LogP contribution < -0.4 is 39.5 Å². The molecule has 0 saturated carbocycles. The molecule has 0 aliphatic carbocycles. The summed E-state index contributed by atoms with van der Waals surface area (Å²) in [4.78, 5) is 35.8. The average Bonchev–Trinajstić information content (AvgIpc) is 1.59. The van der Waals surface area contributed by atoms with Gasteiger partial charge in [-0.15, -0.1) is 0 Å². The summed E-state index contributed by atoms with van der Waals surface area (Å²) in [6.07, 6.45) is -0.581. The van der Waals surface area contributed by atoms with Crippen LogP contribution in [0, 0.1) is 0 Å². The second-order valence-electron chi connectivity index (χ2n) is 1.62. The summed E-state index contributed by atoms with van der Waals surface area (Å²) in [5.74, 6) is -1.44. The molecular formula is C3H6NaO5Si-. The average molecular weight is 173 g/mol. The van der Waals surface area contributed by atoms with Crippen molar-refractivity contribution in [3.63, 3.8) is 0 Å². The summed E-state index contributed by atoms with van der Waals surface area (Å²) in [5, 5.41) is 9.60. The van der Waals surface area contributed by atoms with Gasteiger partial charge in [-0.25, -0.2) is 0 Å². The Kier molecular flexibility index (Phi) is 6.92. The van der Waals surface area contributed by atoms with Crippen molar-refractivity contribution in [3.05, 3.63) is 0 Å². The summed E-state index contributed by atoms with van der Waals surface area (Å²) in [7, 11) is -4.39. The van der Waals surface area contributed by atoms with Crippen molar-refractivity contribution < 1.29 is 53.8 Å². The maximum absolute atomic E-state index is 9.97. The fourth-order valence-electron chi connectivity index (χ4n) is 0.265. The van der Waals surface area contributed by atoms with E-state index in [1.54, 1.807) is 0 Å².